The Labute approximate surface area is 104 Å². The van der Waals surface area contributed by atoms with E-state index in [-0.39, 0.29) is 5.75 Å². The molecule has 0 aliphatic heterocycles. The molecule has 0 atom stereocenters. The lowest BCUT2D eigenvalue weighted by molar-refractivity contribution is 0.475. The van der Waals surface area contributed by atoms with Crippen molar-refractivity contribution in [1.29, 1.82) is 0 Å². The minimum atomic E-state index is 0.231. The summed E-state index contributed by atoms with van der Waals surface area (Å²) >= 11 is 0. The summed E-state index contributed by atoms with van der Waals surface area (Å²) in [6, 6.07) is 13.0. The molecular weight excluding hydrogens is 226 g/mol. The normalized spacial score (nSPS) is 10.9. The lowest BCUT2D eigenvalue weighted by atomic mass is 10.2. The second-order valence-electron chi connectivity index (χ2n) is 4.11. The molecule has 3 rings (SSSR count). The number of rotatable bonds is 2. The molecule has 0 saturated carbocycles. The van der Waals surface area contributed by atoms with Crippen molar-refractivity contribution in [3.8, 4) is 17.1 Å². The van der Waals surface area contributed by atoms with Gasteiger partial charge in [0.2, 0.25) is 0 Å². The van der Waals surface area contributed by atoms with Crippen LogP contribution in [-0.2, 0) is 6.54 Å². The number of aromatic hydroxyl groups is 1. The molecule has 0 bridgehead atoms. The Morgan fingerprint density at radius 1 is 1.17 bits per heavy atom. The first-order chi connectivity index (χ1) is 8.79. The SMILES string of the molecule is NCc1cccc2cnc(-c3cccc(O)c3)n12. The summed E-state index contributed by atoms with van der Waals surface area (Å²) in [5.74, 6) is 1.02. The van der Waals surface area contributed by atoms with Crippen molar-refractivity contribution >= 4 is 5.52 Å². The molecule has 1 aromatic carbocycles. The molecule has 90 valence electrons. The molecule has 2 aromatic heterocycles. The van der Waals surface area contributed by atoms with Gasteiger partial charge < -0.3 is 10.8 Å². The van der Waals surface area contributed by atoms with E-state index in [2.05, 4.69) is 4.98 Å². The molecule has 2 heterocycles. The number of imidazole rings is 1. The zero-order valence-electron chi connectivity index (χ0n) is 9.74. The first-order valence-electron chi connectivity index (χ1n) is 5.74. The molecule has 18 heavy (non-hydrogen) atoms. The molecule has 3 aromatic rings. The average Bonchev–Trinajstić information content (AvgIpc) is 2.82. The van der Waals surface area contributed by atoms with Crippen molar-refractivity contribution in [2.45, 2.75) is 6.54 Å². The molecule has 0 spiro atoms. The van der Waals surface area contributed by atoms with Crippen LogP contribution in [0.1, 0.15) is 5.69 Å². The second-order valence-corrected chi connectivity index (χ2v) is 4.11. The zero-order chi connectivity index (χ0) is 12.5. The van der Waals surface area contributed by atoms with Gasteiger partial charge in [0, 0.05) is 17.8 Å². The van der Waals surface area contributed by atoms with E-state index in [9.17, 15) is 5.11 Å². The van der Waals surface area contributed by atoms with Crippen molar-refractivity contribution < 1.29 is 5.11 Å². The maximum atomic E-state index is 9.55. The topological polar surface area (TPSA) is 63.5 Å². The van der Waals surface area contributed by atoms with E-state index in [4.69, 9.17) is 5.73 Å². The summed E-state index contributed by atoms with van der Waals surface area (Å²) in [4.78, 5) is 4.41. The average molecular weight is 239 g/mol. The maximum Gasteiger partial charge on any atom is 0.144 e. The van der Waals surface area contributed by atoms with Crippen LogP contribution in [0.15, 0.2) is 48.7 Å². The Morgan fingerprint density at radius 2 is 2.00 bits per heavy atom. The summed E-state index contributed by atoms with van der Waals surface area (Å²) in [7, 11) is 0. The number of hydrogen-bond acceptors (Lipinski definition) is 3. The smallest absolute Gasteiger partial charge is 0.144 e. The predicted molar refractivity (Wildman–Crippen MR) is 70.2 cm³/mol. The molecule has 0 unspecified atom stereocenters. The van der Waals surface area contributed by atoms with Gasteiger partial charge in [0.25, 0.3) is 0 Å². The number of nitrogens with two attached hydrogens (primary N) is 1. The van der Waals surface area contributed by atoms with Crippen molar-refractivity contribution in [2.24, 2.45) is 5.73 Å². The number of phenols is 1. The number of nitrogens with zero attached hydrogens (tertiary/aromatic N) is 2. The van der Waals surface area contributed by atoms with Gasteiger partial charge in [-0.05, 0) is 24.3 Å². The molecule has 0 amide bonds. The van der Waals surface area contributed by atoms with Crippen LogP contribution in [0.25, 0.3) is 16.9 Å². The van der Waals surface area contributed by atoms with Gasteiger partial charge in [-0.15, -0.1) is 0 Å². The molecule has 0 aliphatic rings. The molecule has 0 saturated heterocycles. The third-order valence-corrected chi connectivity index (χ3v) is 2.95. The number of pyridine rings is 1. The minimum absolute atomic E-state index is 0.231. The van der Waals surface area contributed by atoms with E-state index >= 15 is 0 Å². The third kappa shape index (κ3) is 1.63. The summed E-state index contributed by atoms with van der Waals surface area (Å²) < 4.78 is 2.01. The first-order valence-corrected chi connectivity index (χ1v) is 5.74. The fraction of sp³-hybridized carbons (Fsp3) is 0.0714. The molecule has 0 aliphatic carbocycles. The van der Waals surface area contributed by atoms with Crippen molar-refractivity contribution in [2.75, 3.05) is 0 Å². The van der Waals surface area contributed by atoms with Crippen LogP contribution in [-0.4, -0.2) is 14.5 Å². The fourth-order valence-electron chi connectivity index (χ4n) is 2.12. The highest BCUT2D eigenvalue weighted by molar-refractivity contribution is 5.64. The highest BCUT2D eigenvalue weighted by Gasteiger charge is 2.09. The van der Waals surface area contributed by atoms with Crippen LogP contribution in [0.3, 0.4) is 0 Å². The van der Waals surface area contributed by atoms with Crippen molar-refractivity contribution in [1.82, 2.24) is 9.38 Å². The fourth-order valence-corrected chi connectivity index (χ4v) is 2.12. The Kier molecular flexibility index (Phi) is 2.50. The molecule has 4 nitrogen and oxygen atoms in total. The standard InChI is InChI=1S/C14H13N3O/c15-8-11-4-2-5-12-9-16-14(17(11)12)10-3-1-6-13(18)7-10/h1-7,9,18H,8,15H2. The van der Waals surface area contributed by atoms with E-state index in [0.717, 1.165) is 22.6 Å². The highest BCUT2D eigenvalue weighted by atomic mass is 16.3. The Balaban J connectivity index is 2.30. The summed E-state index contributed by atoms with van der Waals surface area (Å²) in [6.45, 7) is 0.444. The van der Waals surface area contributed by atoms with Gasteiger partial charge in [-0.2, -0.15) is 0 Å². The highest BCUT2D eigenvalue weighted by Crippen LogP contribution is 2.24. The van der Waals surface area contributed by atoms with Gasteiger partial charge in [0.05, 0.1) is 11.7 Å². The molecule has 0 radical (unpaired) electrons. The van der Waals surface area contributed by atoms with E-state index < -0.39 is 0 Å². The number of fused-ring (bicyclic) bond motifs is 1. The Hall–Kier alpha value is -2.33. The largest absolute Gasteiger partial charge is 0.508 e. The molecular formula is C14H13N3O. The second kappa shape index (κ2) is 4.16. The van der Waals surface area contributed by atoms with E-state index in [1.807, 2.05) is 28.7 Å². The van der Waals surface area contributed by atoms with Gasteiger partial charge in [0.15, 0.2) is 0 Å². The van der Waals surface area contributed by atoms with Gasteiger partial charge in [0.1, 0.15) is 11.6 Å². The summed E-state index contributed by atoms with van der Waals surface area (Å²) in [6.07, 6.45) is 1.80. The Morgan fingerprint density at radius 3 is 2.78 bits per heavy atom. The number of aromatic nitrogens is 2. The van der Waals surface area contributed by atoms with Crippen molar-refractivity contribution in [3.63, 3.8) is 0 Å². The van der Waals surface area contributed by atoms with Crippen LogP contribution >= 0.6 is 0 Å². The van der Waals surface area contributed by atoms with Crippen LogP contribution in [0.4, 0.5) is 0 Å². The maximum absolute atomic E-state index is 9.55. The van der Waals surface area contributed by atoms with Crippen LogP contribution in [0.5, 0.6) is 5.75 Å². The quantitative estimate of drug-likeness (QED) is 0.720. The number of phenolic OH excluding ortho intramolecular Hbond substituents is 1. The van der Waals surface area contributed by atoms with Gasteiger partial charge in [-0.25, -0.2) is 4.98 Å². The zero-order valence-corrected chi connectivity index (χ0v) is 9.74. The molecule has 0 fully saturated rings. The minimum Gasteiger partial charge on any atom is -0.508 e. The summed E-state index contributed by atoms with van der Waals surface area (Å²) in [5.41, 5.74) is 8.61. The lowest BCUT2D eigenvalue weighted by Gasteiger charge is -2.07. The predicted octanol–water partition coefficient (Wildman–Crippen LogP) is 2.17. The Bertz CT molecular complexity index is 703. The first kappa shape index (κ1) is 10.8. The van der Waals surface area contributed by atoms with Crippen LogP contribution in [0.2, 0.25) is 0 Å². The van der Waals surface area contributed by atoms with Crippen LogP contribution in [0, 0.1) is 0 Å². The monoisotopic (exact) mass is 239 g/mol. The van der Waals surface area contributed by atoms with Crippen molar-refractivity contribution in [3.05, 3.63) is 54.4 Å². The summed E-state index contributed by atoms with van der Waals surface area (Å²) in [5, 5.41) is 9.55. The van der Waals surface area contributed by atoms with Gasteiger partial charge in [-0.3, -0.25) is 4.40 Å². The van der Waals surface area contributed by atoms with E-state index in [1.165, 1.54) is 0 Å². The molecule has 3 N–H and O–H groups in total. The van der Waals surface area contributed by atoms with Crippen LogP contribution < -0.4 is 5.73 Å². The van der Waals surface area contributed by atoms with E-state index in [0.29, 0.717) is 6.54 Å². The number of benzene rings is 1. The lowest BCUT2D eigenvalue weighted by Crippen LogP contribution is -2.04. The molecule has 4 heteroatoms. The third-order valence-electron chi connectivity index (χ3n) is 2.95. The van der Waals surface area contributed by atoms with E-state index in [1.54, 1.807) is 24.4 Å². The van der Waals surface area contributed by atoms with Gasteiger partial charge >= 0.3 is 0 Å². The van der Waals surface area contributed by atoms with Gasteiger partial charge in [-0.1, -0.05) is 18.2 Å². The number of hydrogen-bond donors (Lipinski definition) is 2.